The highest BCUT2D eigenvalue weighted by molar-refractivity contribution is 8.76. The number of aliphatic hydroxyl groups excluding tert-OH is 1. The van der Waals surface area contributed by atoms with Gasteiger partial charge in [0.2, 0.25) is 0 Å². The number of aliphatic hydroxyl groups is 1. The van der Waals surface area contributed by atoms with Gasteiger partial charge in [0.25, 0.3) is 5.92 Å². The third-order valence-electron chi connectivity index (χ3n) is 5.20. The van der Waals surface area contributed by atoms with E-state index in [9.17, 15) is 8.78 Å². The van der Waals surface area contributed by atoms with Crippen LogP contribution in [0.5, 0.6) is 0 Å². The fourth-order valence-corrected chi connectivity index (χ4v) is 5.45. The van der Waals surface area contributed by atoms with Gasteiger partial charge in [-0.25, -0.2) is 19.6 Å². The second-order valence-electron chi connectivity index (χ2n) is 8.91. The fraction of sp³-hybridized carbons (Fsp3) is 0.500. The van der Waals surface area contributed by atoms with Crippen LogP contribution >= 0.6 is 21.6 Å². The van der Waals surface area contributed by atoms with Crippen molar-refractivity contribution in [2.45, 2.75) is 50.0 Å². The molecule has 6 nitrogen and oxygen atoms in total. The second-order valence-corrected chi connectivity index (χ2v) is 11.4. The van der Waals surface area contributed by atoms with Gasteiger partial charge in [-0.15, -0.1) is 0 Å². The molecule has 32 heavy (non-hydrogen) atoms. The number of nitrogen functional groups attached to an aromatic ring is 1. The molecular formula is C22H31F2N5OS2. The molecule has 1 aromatic carbocycles. The van der Waals surface area contributed by atoms with E-state index in [1.54, 1.807) is 26.5 Å². The molecule has 0 atom stereocenters. The van der Waals surface area contributed by atoms with Crippen LogP contribution in [0.3, 0.4) is 0 Å². The number of anilines is 3. The molecule has 0 radical (unpaired) electrons. The highest BCUT2D eigenvalue weighted by Crippen LogP contribution is 2.40. The standard InChI is InChI=1S/C22H31F2N5OS2/c1-21(2,3)18-12-16(28-9-8-22(23,24)14-28)19(25)20(27-18)29(26)13-15-6-4-5-7-17(15)32-31-11-10-30/h4-7,12,30H,8-11,13-14,25-26H2,1-3H3. The average molecular weight is 484 g/mol. The van der Waals surface area contributed by atoms with Gasteiger partial charge in [-0.3, -0.25) is 5.01 Å². The molecule has 10 heteroatoms. The van der Waals surface area contributed by atoms with Crippen molar-refractivity contribution < 1.29 is 13.9 Å². The van der Waals surface area contributed by atoms with Gasteiger partial charge < -0.3 is 15.7 Å². The van der Waals surface area contributed by atoms with Crippen LogP contribution in [0.1, 0.15) is 38.4 Å². The Labute approximate surface area is 196 Å². The van der Waals surface area contributed by atoms with Gasteiger partial charge in [-0.05, 0) is 17.7 Å². The van der Waals surface area contributed by atoms with E-state index >= 15 is 0 Å². The van der Waals surface area contributed by atoms with E-state index in [2.05, 4.69) is 0 Å². The number of pyridine rings is 1. The quantitative estimate of drug-likeness (QED) is 0.220. The molecule has 0 bridgehead atoms. The van der Waals surface area contributed by atoms with Crippen LogP contribution < -0.4 is 21.5 Å². The predicted octanol–water partition coefficient (Wildman–Crippen LogP) is 4.42. The molecule has 1 saturated heterocycles. The van der Waals surface area contributed by atoms with E-state index in [0.29, 0.717) is 29.5 Å². The zero-order chi connectivity index (χ0) is 23.5. The number of hydrazine groups is 1. The van der Waals surface area contributed by atoms with Crippen LogP contribution in [-0.4, -0.2) is 41.5 Å². The lowest BCUT2D eigenvalue weighted by molar-refractivity contribution is 0.0257. The Kier molecular flexibility index (Phi) is 7.80. The number of rotatable bonds is 8. The summed E-state index contributed by atoms with van der Waals surface area (Å²) in [6.07, 6.45) is -0.197. The zero-order valence-electron chi connectivity index (χ0n) is 18.6. The Bertz CT molecular complexity index is 939. The van der Waals surface area contributed by atoms with Crippen LogP contribution in [0.15, 0.2) is 35.2 Å². The summed E-state index contributed by atoms with van der Waals surface area (Å²) in [4.78, 5) is 7.39. The second kappa shape index (κ2) is 10.0. The fourth-order valence-electron chi connectivity index (χ4n) is 3.45. The first-order valence-electron chi connectivity index (χ1n) is 10.5. The third kappa shape index (κ3) is 5.98. The van der Waals surface area contributed by atoms with Crippen molar-refractivity contribution in [3.8, 4) is 0 Å². The number of nitrogens with zero attached hydrogens (tertiary/aromatic N) is 3. The molecule has 0 spiro atoms. The van der Waals surface area contributed by atoms with Gasteiger partial charge >= 0.3 is 0 Å². The van der Waals surface area contributed by atoms with Gasteiger partial charge in [0.1, 0.15) is 0 Å². The minimum Gasteiger partial charge on any atom is -0.395 e. The Hall–Kier alpha value is -1.75. The highest BCUT2D eigenvalue weighted by Gasteiger charge is 2.39. The summed E-state index contributed by atoms with van der Waals surface area (Å²) >= 11 is 0. The van der Waals surface area contributed by atoms with Crippen molar-refractivity contribution in [1.82, 2.24) is 4.98 Å². The molecule has 5 N–H and O–H groups in total. The van der Waals surface area contributed by atoms with E-state index in [1.165, 1.54) is 5.01 Å². The Balaban J connectivity index is 1.94. The summed E-state index contributed by atoms with van der Waals surface area (Å²) in [5.41, 5.74) is 8.72. The van der Waals surface area contributed by atoms with Crippen molar-refractivity contribution in [2.24, 2.45) is 5.84 Å². The minimum absolute atomic E-state index is 0.112. The molecule has 2 heterocycles. The highest BCUT2D eigenvalue weighted by atomic mass is 33.1. The zero-order valence-corrected chi connectivity index (χ0v) is 20.3. The van der Waals surface area contributed by atoms with Crippen molar-refractivity contribution in [1.29, 1.82) is 0 Å². The van der Waals surface area contributed by atoms with Crippen molar-refractivity contribution in [3.05, 3.63) is 41.6 Å². The summed E-state index contributed by atoms with van der Waals surface area (Å²) in [6.45, 7) is 6.38. The van der Waals surface area contributed by atoms with Crippen molar-refractivity contribution >= 4 is 38.8 Å². The van der Waals surface area contributed by atoms with E-state index in [0.717, 1.165) is 16.2 Å². The van der Waals surface area contributed by atoms with E-state index in [1.807, 2.05) is 51.1 Å². The number of nitrogens with two attached hydrogens (primary N) is 2. The number of hydrogen-bond acceptors (Lipinski definition) is 8. The van der Waals surface area contributed by atoms with Crippen LogP contribution in [0, 0.1) is 0 Å². The molecule has 0 amide bonds. The lowest BCUT2D eigenvalue weighted by atomic mass is 9.91. The first-order valence-corrected chi connectivity index (χ1v) is 12.8. The molecule has 0 aliphatic carbocycles. The lowest BCUT2D eigenvalue weighted by Crippen LogP contribution is -2.34. The summed E-state index contributed by atoms with van der Waals surface area (Å²) in [6, 6.07) is 9.67. The summed E-state index contributed by atoms with van der Waals surface area (Å²) < 4.78 is 27.8. The number of halogens is 2. The Morgan fingerprint density at radius 2 is 2.00 bits per heavy atom. The normalized spacial score (nSPS) is 15.9. The van der Waals surface area contributed by atoms with E-state index < -0.39 is 5.92 Å². The van der Waals surface area contributed by atoms with Gasteiger partial charge in [0.15, 0.2) is 5.82 Å². The molecule has 0 saturated carbocycles. The summed E-state index contributed by atoms with van der Waals surface area (Å²) in [5, 5.41) is 10.5. The number of alkyl halides is 2. The van der Waals surface area contributed by atoms with Gasteiger partial charge in [-0.2, -0.15) is 0 Å². The molecule has 3 rings (SSSR count). The topological polar surface area (TPSA) is 91.6 Å². The molecular weight excluding hydrogens is 452 g/mol. The molecule has 1 aliphatic heterocycles. The summed E-state index contributed by atoms with van der Waals surface area (Å²) in [5.74, 6) is 4.72. The van der Waals surface area contributed by atoms with E-state index in [4.69, 9.17) is 21.7 Å². The lowest BCUT2D eigenvalue weighted by Gasteiger charge is -2.29. The minimum atomic E-state index is -2.73. The van der Waals surface area contributed by atoms with Crippen LogP contribution in [0.25, 0.3) is 0 Å². The monoisotopic (exact) mass is 483 g/mol. The smallest absolute Gasteiger partial charge is 0.266 e. The SMILES string of the molecule is CC(C)(C)c1cc(N2CCC(F)(F)C2)c(N)c(N(N)Cc2ccccc2SSCCO)n1. The van der Waals surface area contributed by atoms with Crippen molar-refractivity contribution in [3.63, 3.8) is 0 Å². The maximum Gasteiger partial charge on any atom is 0.266 e. The van der Waals surface area contributed by atoms with Gasteiger partial charge in [-0.1, -0.05) is 60.6 Å². The largest absolute Gasteiger partial charge is 0.395 e. The number of aromatic nitrogens is 1. The van der Waals surface area contributed by atoms with Crippen molar-refractivity contribution in [2.75, 3.05) is 41.1 Å². The maximum absolute atomic E-state index is 13.9. The van der Waals surface area contributed by atoms with Gasteiger partial charge in [0.05, 0.1) is 36.8 Å². The van der Waals surface area contributed by atoms with Crippen LogP contribution in [0.4, 0.5) is 26.0 Å². The van der Waals surface area contributed by atoms with Crippen LogP contribution in [0.2, 0.25) is 0 Å². The molecule has 1 aromatic heterocycles. The number of benzene rings is 1. The maximum atomic E-state index is 13.9. The Morgan fingerprint density at radius 1 is 1.28 bits per heavy atom. The number of hydrogen-bond donors (Lipinski definition) is 3. The predicted molar refractivity (Wildman–Crippen MR) is 131 cm³/mol. The average Bonchev–Trinajstić information content (AvgIpc) is 3.08. The molecule has 1 aliphatic rings. The molecule has 176 valence electrons. The first-order chi connectivity index (χ1) is 15.0. The van der Waals surface area contributed by atoms with Gasteiger partial charge in [0, 0.05) is 29.0 Å². The molecule has 0 unspecified atom stereocenters. The Morgan fingerprint density at radius 3 is 2.62 bits per heavy atom. The van der Waals surface area contributed by atoms with E-state index in [-0.39, 0.29) is 31.5 Å². The summed E-state index contributed by atoms with van der Waals surface area (Å²) in [7, 11) is 3.14. The van der Waals surface area contributed by atoms with Crippen LogP contribution in [-0.2, 0) is 12.0 Å². The molecule has 1 fully saturated rings. The first kappa shape index (κ1) is 24.9. The third-order valence-corrected chi connectivity index (χ3v) is 7.64. The molecule has 2 aromatic rings.